The Balaban J connectivity index is 1.62. The first-order chi connectivity index (χ1) is 12.1. The first-order valence-electron chi connectivity index (χ1n) is 7.44. The molecule has 3 aromatic rings. The number of benzene rings is 2. The average Bonchev–Trinajstić information content (AvgIpc) is 3.01. The number of carbonyl (C=O) groups excluding carboxylic acids is 1. The van der Waals surface area contributed by atoms with Crippen LogP contribution in [0.15, 0.2) is 52.9 Å². The second-order valence-corrected chi connectivity index (χ2v) is 7.34. The third-order valence-electron chi connectivity index (χ3n) is 3.15. The lowest BCUT2D eigenvalue weighted by molar-refractivity contribution is -0.114. The van der Waals surface area contributed by atoms with Gasteiger partial charge in [-0.15, -0.1) is 10.2 Å². The van der Waals surface area contributed by atoms with Crippen LogP contribution in [0.3, 0.4) is 0 Å². The molecule has 5 nitrogen and oxygen atoms in total. The molecule has 1 amide bonds. The zero-order valence-corrected chi connectivity index (χ0v) is 15.0. The van der Waals surface area contributed by atoms with Gasteiger partial charge in [0.05, 0.1) is 0 Å². The van der Waals surface area contributed by atoms with Crippen LogP contribution in [0.1, 0.15) is 12.5 Å². The van der Waals surface area contributed by atoms with E-state index in [2.05, 4.69) is 20.8 Å². The maximum Gasteiger partial charge on any atom is 0.221 e. The van der Waals surface area contributed by atoms with Crippen LogP contribution < -0.4 is 10.6 Å². The van der Waals surface area contributed by atoms with Crippen molar-refractivity contribution >= 4 is 45.5 Å². The Bertz CT molecular complexity index is 884. The van der Waals surface area contributed by atoms with Crippen molar-refractivity contribution in [2.45, 2.75) is 17.0 Å². The highest BCUT2D eigenvalue weighted by atomic mass is 32.2. The molecular formula is C17H15FN4OS2. The SMILES string of the molecule is CC(=O)Nc1cccc(Nc2nnc(SCc3ccccc3F)s2)c1. The summed E-state index contributed by atoms with van der Waals surface area (Å²) in [6.45, 7) is 1.46. The van der Waals surface area contributed by atoms with E-state index in [4.69, 9.17) is 0 Å². The van der Waals surface area contributed by atoms with Gasteiger partial charge >= 0.3 is 0 Å². The molecule has 0 unspecified atom stereocenters. The standard InChI is InChI=1S/C17H15FN4OS2/c1-11(23)19-13-6-4-7-14(9-13)20-16-21-22-17(25-16)24-10-12-5-2-3-8-15(12)18/h2-9H,10H2,1H3,(H,19,23)(H,20,21). The van der Waals surface area contributed by atoms with E-state index in [0.717, 1.165) is 10.0 Å². The molecule has 8 heteroatoms. The van der Waals surface area contributed by atoms with Crippen molar-refractivity contribution in [1.82, 2.24) is 10.2 Å². The van der Waals surface area contributed by atoms with Gasteiger partial charge in [0.2, 0.25) is 11.0 Å². The molecule has 1 heterocycles. The van der Waals surface area contributed by atoms with Gasteiger partial charge in [-0.05, 0) is 29.8 Å². The summed E-state index contributed by atoms with van der Waals surface area (Å²) in [5.74, 6) is 0.159. The van der Waals surface area contributed by atoms with Gasteiger partial charge in [-0.25, -0.2) is 4.39 Å². The summed E-state index contributed by atoms with van der Waals surface area (Å²) in [6.07, 6.45) is 0. The summed E-state index contributed by atoms with van der Waals surface area (Å²) in [7, 11) is 0. The summed E-state index contributed by atoms with van der Waals surface area (Å²) in [5, 5.41) is 14.7. The Morgan fingerprint density at radius 2 is 1.96 bits per heavy atom. The number of amides is 1. The molecule has 0 saturated heterocycles. The maximum absolute atomic E-state index is 13.6. The first-order valence-corrected chi connectivity index (χ1v) is 9.25. The van der Waals surface area contributed by atoms with Crippen LogP contribution in [0, 0.1) is 5.82 Å². The van der Waals surface area contributed by atoms with Crippen molar-refractivity contribution in [2.24, 2.45) is 0 Å². The number of aromatic nitrogens is 2. The Morgan fingerprint density at radius 3 is 2.76 bits per heavy atom. The summed E-state index contributed by atoms with van der Waals surface area (Å²) < 4.78 is 14.4. The molecule has 1 aromatic heterocycles. The summed E-state index contributed by atoms with van der Waals surface area (Å²) in [5.41, 5.74) is 2.14. The zero-order chi connectivity index (χ0) is 17.6. The minimum Gasteiger partial charge on any atom is -0.330 e. The molecule has 2 aromatic carbocycles. The van der Waals surface area contributed by atoms with Gasteiger partial charge in [0.25, 0.3) is 0 Å². The van der Waals surface area contributed by atoms with Crippen LogP contribution in [0.25, 0.3) is 0 Å². The molecule has 0 bridgehead atoms. The number of hydrogen-bond donors (Lipinski definition) is 2. The molecule has 0 spiro atoms. The van der Waals surface area contributed by atoms with E-state index in [1.54, 1.807) is 12.1 Å². The van der Waals surface area contributed by atoms with Crippen LogP contribution in [-0.4, -0.2) is 16.1 Å². The van der Waals surface area contributed by atoms with E-state index in [9.17, 15) is 9.18 Å². The topological polar surface area (TPSA) is 66.9 Å². The third kappa shape index (κ3) is 5.01. The van der Waals surface area contributed by atoms with E-state index in [-0.39, 0.29) is 11.7 Å². The number of thioether (sulfide) groups is 1. The Morgan fingerprint density at radius 1 is 1.16 bits per heavy atom. The number of nitrogens with zero attached hydrogens (tertiary/aromatic N) is 2. The van der Waals surface area contributed by atoms with E-state index in [0.29, 0.717) is 22.1 Å². The van der Waals surface area contributed by atoms with Gasteiger partial charge in [0.1, 0.15) is 5.82 Å². The highest BCUT2D eigenvalue weighted by Gasteiger charge is 2.08. The van der Waals surface area contributed by atoms with Crippen molar-refractivity contribution in [3.05, 3.63) is 59.9 Å². The zero-order valence-electron chi connectivity index (χ0n) is 13.3. The number of rotatable bonds is 6. The summed E-state index contributed by atoms with van der Waals surface area (Å²) in [6, 6.07) is 14.0. The third-order valence-corrected chi connectivity index (χ3v) is 5.17. The minimum absolute atomic E-state index is 0.125. The van der Waals surface area contributed by atoms with E-state index >= 15 is 0 Å². The van der Waals surface area contributed by atoms with Crippen molar-refractivity contribution in [3.8, 4) is 0 Å². The fourth-order valence-electron chi connectivity index (χ4n) is 2.07. The second kappa shape index (κ2) is 8.09. The van der Waals surface area contributed by atoms with Crippen molar-refractivity contribution in [3.63, 3.8) is 0 Å². The molecule has 0 radical (unpaired) electrons. The smallest absolute Gasteiger partial charge is 0.221 e. The number of carbonyl (C=O) groups is 1. The van der Waals surface area contributed by atoms with Crippen LogP contribution >= 0.6 is 23.1 Å². The predicted octanol–water partition coefficient (Wildman–Crippen LogP) is 4.67. The second-order valence-electron chi connectivity index (χ2n) is 5.14. The monoisotopic (exact) mass is 374 g/mol. The lowest BCUT2D eigenvalue weighted by atomic mass is 10.2. The molecule has 0 atom stereocenters. The number of halogens is 1. The molecule has 3 rings (SSSR count). The van der Waals surface area contributed by atoms with Gasteiger partial charge in [-0.3, -0.25) is 4.79 Å². The molecule has 2 N–H and O–H groups in total. The lowest BCUT2D eigenvalue weighted by Crippen LogP contribution is -2.05. The van der Waals surface area contributed by atoms with Crippen LogP contribution in [0.5, 0.6) is 0 Å². The van der Waals surface area contributed by atoms with Crippen molar-refractivity contribution < 1.29 is 9.18 Å². The average molecular weight is 374 g/mol. The van der Waals surface area contributed by atoms with Crippen molar-refractivity contribution in [1.29, 1.82) is 0 Å². The van der Waals surface area contributed by atoms with Gasteiger partial charge in [0.15, 0.2) is 4.34 Å². The number of anilines is 3. The van der Waals surface area contributed by atoms with Gasteiger partial charge in [-0.1, -0.05) is 47.4 Å². The quantitative estimate of drug-likeness (QED) is 0.614. The molecule has 0 fully saturated rings. The largest absolute Gasteiger partial charge is 0.330 e. The normalized spacial score (nSPS) is 10.5. The number of hydrogen-bond acceptors (Lipinski definition) is 6. The van der Waals surface area contributed by atoms with Gasteiger partial charge in [0, 0.05) is 24.1 Å². The van der Waals surface area contributed by atoms with Crippen LogP contribution in [-0.2, 0) is 10.5 Å². The van der Waals surface area contributed by atoms with Gasteiger partial charge < -0.3 is 10.6 Å². The van der Waals surface area contributed by atoms with Crippen LogP contribution in [0.4, 0.5) is 20.9 Å². The lowest BCUT2D eigenvalue weighted by Gasteiger charge is -2.05. The highest BCUT2D eigenvalue weighted by Crippen LogP contribution is 2.30. The van der Waals surface area contributed by atoms with Crippen LogP contribution in [0.2, 0.25) is 0 Å². The van der Waals surface area contributed by atoms with E-state index < -0.39 is 0 Å². The number of nitrogens with one attached hydrogen (secondary N) is 2. The minimum atomic E-state index is -0.215. The Labute approximate surface area is 152 Å². The molecule has 0 saturated carbocycles. The molecule has 128 valence electrons. The van der Waals surface area contributed by atoms with E-state index in [1.165, 1.54) is 36.1 Å². The summed E-state index contributed by atoms with van der Waals surface area (Å²) >= 11 is 2.83. The molecule has 0 aliphatic rings. The van der Waals surface area contributed by atoms with Gasteiger partial charge in [-0.2, -0.15) is 0 Å². The molecule has 0 aliphatic heterocycles. The van der Waals surface area contributed by atoms with E-state index in [1.807, 2.05) is 30.3 Å². The molecule has 0 aliphatic carbocycles. The summed E-state index contributed by atoms with van der Waals surface area (Å²) in [4.78, 5) is 11.1. The fourth-order valence-corrected chi connectivity index (χ4v) is 3.83. The van der Waals surface area contributed by atoms with Crippen molar-refractivity contribution in [2.75, 3.05) is 10.6 Å². The predicted molar refractivity (Wildman–Crippen MR) is 99.9 cm³/mol. The fraction of sp³-hybridized carbons (Fsp3) is 0.118. The highest BCUT2D eigenvalue weighted by molar-refractivity contribution is 8.00. The maximum atomic E-state index is 13.6. The molecule has 25 heavy (non-hydrogen) atoms. The first kappa shape index (κ1) is 17.4. The molecular weight excluding hydrogens is 359 g/mol. The Kier molecular flexibility index (Phi) is 5.62. The Hall–Kier alpha value is -2.45.